The standard InChI is InChI=1S/C12H16INO/c1-10-3-2-4-12(9-10)15-11-5-7-14(13)8-6-11/h2-4,9,11H,5-8H2,1H3. The van der Waals surface area contributed by atoms with E-state index in [0.717, 1.165) is 31.7 Å². The third kappa shape index (κ3) is 3.34. The maximum absolute atomic E-state index is 5.95. The van der Waals surface area contributed by atoms with Gasteiger partial charge in [-0.15, -0.1) is 0 Å². The highest BCUT2D eigenvalue weighted by Crippen LogP contribution is 2.21. The Labute approximate surface area is 105 Å². The molecule has 0 bridgehead atoms. The number of benzene rings is 1. The highest BCUT2D eigenvalue weighted by Gasteiger charge is 2.18. The van der Waals surface area contributed by atoms with E-state index in [1.165, 1.54) is 5.56 Å². The zero-order valence-electron chi connectivity index (χ0n) is 8.95. The maximum atomic E-state index is 5.95. The van der Waals surface area contributed by atoms with E-state index >= 15 is 0 Å². The lowest BCUT2D eigenvalue weighted by Crippen LogP contribution is -2.32. The first kappa shape index (κ1) is 11.2. The topological polar surface area (TPSA) is 12.5 Å². The summed E-state index contributed by atoms with van der Waals surface area (Å²) in [5.41, 5.74) is 1.26. The van der Waals surface area contributed by atoms with Gasteiger partial charge < -0.3 is 4.74 Å². The fourth-order valence-corrected chi connectivity index (χ4v) is 2.38. The summed E-state index contributed by atoms with van der Waals surface area (Å²) in [6.45, 7) is 4.37. The van der Waals surface area contributed by atoms with Crippen molar-refractivity contribution in [2.45, 2.75) is 25.9 Å². The molecule has 0 radical (unpaired) electrons. The van der Waals surface area contributed by atoms with E-state index in [9.17, 15) is 0 Å². The third-order valence-corrected chi connectivity index (χ3v) is 3.64. The van der Waals surface area contributed by atoms with Crippen LogP contribution >= 0.6 is 22.9 Å². The molecule has 0 aliphatic carbocycles. The first-order valence-electron chi connectivity index (χ1n) is 5.38. The molecule has 2 nitrogen and oxygen atoms in total. The Hall–Kier alpha value is -0.290. The van der Waals surface area contributed by atoms with Crippen molar-refractivity contribution in [3.05, 3.63) is 29.8 Å². The number of hydrogen-bond acceptors (Lipinski definition) is 2. The molecule has 0 atom stereocenters. The summed E-state index contributed by atoms with van der Waals surface area (Å²) in [4.78, 5) is 0. The molecule has 0 saturated carbocycles. The van der Waals surface area contributed by atoms with Crippen molar-refractivity contribution in [3.8, 4) is 5.75 Å². The average Bonchev–Trinajstić information content (AvgIpc) is 2.22. The second-order valence-corrected chi connectivity index (χ2v) is 5.41. The van der Waals surface area contributed by atoms with Crippen LogP contribution in [0.5, 0.6) is 5.75 Å². The smallest absolute Gasteiger partial charge is 0.119 e. The molecule has 1 saturated heterocycles. The SMILES string of the molecule is Cc1cccc(OC2CCN(I)CC2)c1. The fraction of sp³-hybridized carbons (Fsp3) is 0.500. The van der Waals surface area contributed by atoms with Crippen LogP contribution in [0.1, 0.15) is 18.4 Å². The number of piperidine rings is 1. The zero-order valence-corrected chi connectivity index (χ0v) is 11.1. The van der Waals surface area contributed by atoms with Crippen molar-refractivity contribution < 1.29 is 4.74 Å². The summed E-state index contributed by atoms with van der Waals surface area (Å²) in [7, 11) is 0. The Balaban J connectivity index is 1.92. The molecule has 1 fully saturated rings. The normalized spacial score (nSPS) is 19.1. The average molecular weight is 317 g/mol. The van der Waals surface area contributed by atoms with Crippen LogP contribution in [0, 0.1) is 6.92 Å². The second kappa shape index (κ2) is 5.16. The fourth-order valence-electron chi connectivity index (χ4n) is 1.82. The van der Waals surface area contributed by atoms with E-state index < -0.39 is 0 Å². The second-order valence-electron chi connectivity index (χ2n) is 4.04. The molecule has 15 heavy (non-hydrogen) atoms. The molecule has 0 unspecified atom stereocenters. The Kier molecular flexibility index (Phi) is 3.86. The maximum Gasteiger partial charge on any atom is 0.119 e. The highest BCUT2D eigenvalue weighted by molar-refractivity contribution is 14.1. The molecule has 82 valence electrons. The first-order chi connectivity index (χ1) is 7.24. The lowest BCUT2D eigenvalue weighted by atomic mass is 10.1. The summed E-state index contributed by atoms with van der Waals surface area (Å²) in [5.74, 6) is 1.02. The Morgan fingerprint density at radius 3 is 2.73 bits per heavy atom. The number of ether oxygens (including phenoxy) is 1. The summed E-state index contributed by atoms with van der Waals surface area (Å²) < 4.78 is 8.28. The number of hydrogen-bond donors (Lipinski definition) is 0. The summed E-state index contributed by atoms with van der Waals surface area (Å²) in [5, 5.41) is 0. The van der Waals surface area contributed by atoms with E-state index in [1.54, 1.807) is 0 Å². The van der Waals surface area contributed by atoms with Crippen molar-refractivity contribution in [1.82, 2.24) is 3.11 Å². The molecule has 1 aromatic carbocycles. The van der Waals surface area contributed by atoms with E-state index in [-0.39, 0.29) is 0 Å². The van der Waals surface area contributed by atoms with E-state index in [0.29, 0.717) is 6.10 Å². The van der Waals surface area contributed by atoms with Gasteiger partial charge in [-0.05, 0) is 37.5 Å². The zero-order chi connectivity index (χ0) is 10.7. The van der Waals surface area contributed by atoms with Crippen LogP contribution in [-0.4, -0.2) is 22.3 Å². The van der Waals surface area contributed by atoms with Gasteiger partial charge in [0.1, 0.15) is 11.9 Å². The molecule has 1 heterocycles. The Morgan fingerprint density at radius 1 is 1.33 bits per heavy atom. The van der Waals surface area contributed by atoms with Crippen molar-refractivity contribution in [2.75, 3.05) is 13.1 Å². The van der Waals surface area contributed by atoms with Crippen molar-refractivity contribution >= 4 is 22.9 Å². The predicted octanol–water partition coefficient (Wildman–Crippen LogP) is 3.19. The van der Waals surface area contributed by atoms with E-state index in [1.807, 2.05) is 6.07 Å². The van der Waals surface area contributed by atoms with Crippen LogP contribution in [0.4, 0.5) is 0 Å². The van der Waals surface area contributed by atoms with Crippen LogP contribution < -0.4 is 4.74 Å². The van der Waals surface area contributed by atoms with Gasteiger partial charge in [-0.1, -0.05) is 12.1 Å². The highest BCUT2D eigenvalue weighted by atomic mass is 127. The van der Waals surface area contributed by atoms with Gasteiger partial charge in [0, 0.05) is 36.0 Å². The quantitative estimate of drug-likeness (QED) is 0.614. The number of aryl methyl sites for hydroxylation is 1. The minimum atomic E-state index is 0.401. The summed E-state index contributed by atoms with van der Waals surface area (Å²) in [6.07, 6.45) is 2.67. The molecular formula is C12H16INO. The summed E-state index contributed by atoms with van der Waals surface area (Å²) >= 11 is 2.38. The number of halogens is 1. The van der Waals surface area contributed by atoms with Crippen molar-refractivity contribution in [2.24, 2.45) is 0 Å². The predicted molar refractivity (Wildman–Crippen MR) is 70.4 cm³/mol. The van der Waals surface area contributed by atoms with Crippen LogP contribution in [0.2, 0.25) is 0 Å². The van der Waals surface area contributed by atoms with Gasteiger partial charge in [-0.3, -0.25) is 0 Å². The Bertz CT molecular complexity index is 321. The summed E-state index contributed by atoms with van der Waals surface area (Å²) in [6, 6.07) is 8.30. The van der Waals surface area contributed by atoms with Gasteiger partial charge >= 0.3 is 0 Å². The van der Waals surface area contributed by atoms with E-state index in [4.69, 9.17) is 4.74 Å². The first-order valence-corrected chi connectivity index (χ1v) is 6.34. The lowest BCUT2D eigenvalue weighted by Gasteiger charge is -2.28. The minimum Gasteiger partial charge on any atom is -0.490 e. The molecule has 1 aliphatic rings. The Morgan fingerprint density at radius 2 is 2.07 bits per heavy atom. The van der Waals surface area contributed by atoms with Crippen molar-refractivity contribution in [3.63, 3.8) is 0 Å². The molecule has 0 amide bonds. The molecule has 1 aliphatic heterocycles. The van der Waals surface area contributed by atoms with Crippen LogP contribution in [0.15, 0.2) is 24.3 Å². The van der Waals surface area contributed by atoms with Gasteiger partial charge in [0.25, 0.3) is 0 Å². The van der Waals surface area contributed by atoms with Gasteiger partial charge in [-0.25, -0.2) is 3.11 Å². The van der Waals surface area contributed by atoms with Gasteiger partial charge in [-0.2, -0.15) is 0 Å². The monoisotopic (exact) mass is 317 g/mol. The molecule has 3 heteroatoms. The van der Waals surface area contributed by atoms with Crippen LogP contribution in [0.25, 0.3) is 0 Å². The van der Waals surface area contributed by atoms with Crippen LogP contribution in [-0.2, 0) is 0 Å². The van der Waals surface area contributed by atoms with Gasteiger partial charge in [0.15, 0.2) is 0 Å². The largest absolute Gasteiger partial charge is 0.490 e. The number of rotatable bonds is 2. The molecule has 0 aromatic heterocycles. The third-order valence-electron chi connectivity index (χ3n) is 2.68. The minimum absolute atomic E-state index is 0.401. The van der Waals surface area contributed by atoms with Gasteiger partial charge in [0.05, 0.1) is 0 Å². The molecule has 2 rings (SSSR count). The molecular weight excluding hydrogens is 301 g/mol. The van der Waals surface area contributed by atoms with E-state index in [2.05, 4.69) is 51.1 Å². The molecule has 0 spiro atoms. The molecule has 0 N–H and O–H groups in total. The number of nitrogens with zero attached hydrogens (tertiary/aromatic N) is 1. The molecule has 1 aromatic rings. The van der Waals surface area contributed by atoms with Gasteiger partial charge in [0.2, 0.25) is 0 Å². The van der Waals surface area contributed by atoms with Crippen molar-refractivity contribution in [1.29, 1.82) is 0 Å². The lowest BCUT2D eigenvalue weighted by molar-refractivity contribution is 0.144. The van der Waals surface area contributed by atoms with Crippen LogP contribution in [0.3, 0.4) is 0 Å².